The van der Waals surface area contributed by atoms with Crippen LogP contribution in [-0.2, 0) is 10.0 Å². The van der Waals surface area contributed by atoms with Crippen molar-refractivity contribution in [2.75, 3.05) is 25.1 Å². The molecular weight excluding hydrogens is 262 g/mol. The SMILES string of the molecule is CN(C)S(=O)(=O)c1ccc(NC2CCCC2)c(N)c1. The molecule has 2 rings (SSSR count). The molecular formula is C13H21N3O2S. The van der Waals surface area contributed by atoms with E-state index in [0.717, 1.165) is 18.5 Å². The number of nitrogens with one attached hydrogen (secondary N) is 1. The first-order chi connectivity index (χ1) is 8.91. The molecule has 0 atom stereocenters. The molecule has 0 unspecified atom stereocenters. The summed E-state index contributed by atoms with van der Waals surface area (Å²) in [6.45, 7) is 0. The van der Waals surface area contributed by atoms with Gasteiger partial charge < -0.3 is 11.1 Å². The Morgan fingerprint density at radius 1 is 1.26 bits per heavy atom. The fraction of sp³-hybridized carbons (Fsp3) is 0.538. The second kappa shape index (κ2) is 5.38. The zero-order valence-corrected chi connectivity index (χ0v) is 12.2. The summed E-state index contributed by atoms with van der Waals surface area (Å²) >= 11 is 0. The Bertz CT molecular complexity index is 549. The van der Waals surface area contributed by atoms with Crippen LogP contribution in [0.5, 0.6) is 0 Å². The third kappa shape index (κ3) is 3.01. The molecule has 1 aliphatic rings. The van der Waals surface area contributed by atoms with Crippen molar-refractivity contribution >= 4 is 21.4 Å². The molecule has 0 aliphatic heterocycles. The van der Waals surface area contributed by atoms with Gasteiger partial charge in [0.25, 0.3) is 0 Å². The van der Waals surface area contributed by atoms with Gasteiger partial charge in [-0.25, -0.2) is 12.7 Å². The molecule has 6 heteroatoms. The molecule has 0 saturated heterocycles. The lowest BCUT2D eigenvalue weighted by Crippen LogP contribution is -2.22. The highest BCUT2D eigenvalue weighted by atomic mass is 32.2. The van der Waals surface area contributed by atoms with Crippen LogP contribution in [0.15, 0.2) is 23.1 Å². The minimum atomic E-state index is -3.42. The summed E-state index contributed by atoms with van der Waals surface area (Å²) < 4.78 is 25.2. The Morgan fingerprint density at radius 2 is 1.89 bits per heavy atom. The highest BCUT2D eigenvalue weighted by Gasteiger charge is 2.19. The highest BCUT2D eigenvalue weighted by Crippen LogP contribution is 2.28. The maximum absolute atomic E-state index is 12.0. The minimum absolute atomic E-state index is 0.229. The number of hydrogen-bond acceptors (Lipinski definition) is 4. The van der Waals surface area contributed by atoms with E-state index in [4.69, 9.17) is 5.73 Å². The third-order valence-corrected chi connectivity index (χ3v) is 5.33. The first-order valence-corrected chi connectivity index (χ1v) is 7.94. The van der Waals surface area contributed by atoms with Gasteiger partial charge in [-0.1, -0.05) is 12.8 Å². The molecule has 1 aromatic rings. The molecule has 1 aromatic carbocycles. The van der Waals surface area contributed by atoms with Crippen molar-refractivity contribution in [3.8, 4) is 0 Å². The maximum atomic E-state index is 12.0. The van der Waals surface area contributed by atoms with Crippen LogP contribution in [0.4, 0.5) is 11.4 Å². The molecule has 1 aliphatic carbocycles. The summed E-state index contributed by atoms with van der Waals surface area (Å²) in [7, 11) is -0.398. The Kier molecular flexibility index (Phi) is 4.01. The Balaban J connectivity index is 2.22. The largest absolute Gasteiger partial charge is 0.397 e. The smallest absolute Gasteiger partial charge is 0.242 e. The first-order valence-electron chi connectivity index (χ1n) is 6.50. The van der Waals surface area contributed by atoms with E-state index < -0.39 is 10.0 Å². The molecule has 19 heavy (non-hydrogen) atoms. The Labute approximate surface area is 114 Å². The second-order valence-electron chi connectivity index (χ2n) is 5.16. The molecule has 0 spiro atoms. The minimum Gasteiger partial charge on any atom is -0.397 e. The van der Waals surface area contributed by atoms with Crippen molar-refractivity contribution < 1.29 is 8.42 Å². The number of nitrogen functional groups attached to an aromatic ring is 1. The Hall–Kier alpha value is -1.27. The molecule has 0 aromatic heterocycles. The number of anilines is 2. The lowest BCUT2D eigenvalue weighted by Gasteiger charge is -2.17. The van der Waals surface area contributed by atoms with Gasteiger partial charge in [0.1, 0.15) is 0 Å². The normalized spacial score (nSPS) is 17.0. The van der Waals surface area contributed by atoms with E-state index in [1.807, 2.05) is 0 Å². The van der Waals surface area contributed by atoms with Gasteiger partial charge in [-0.3, -0.25) is 0 Å². The third-order valence-electron chi connectivity index (χ3n) is 3.52. The summed E-state index contributed by atoms with van der Waals surface area (Å²) in [5, 5.41) is 3.38. The predicted octanol–water partition coefficient (Wildman–Crippen LogP) is 1.87. The lowest BCUT2D eigenvalue weighted by atomic mass is 10.2. The quantitative estimate of drug-likeness (QED) is 0.827. The summed E-state index contributed by atoms with van der Waals surface area (Å²) in [6.07, 6.45) is 4.78. The van der Waals surface area contributed by atoms with Crippen LogP contribution in [0.2, 0.25) is 0 Å². The van der Waals surface area contributed by atoms with Crippen molar-refractivity contribution in [1.29, 1.82) is 0 Å². The van der Waals surface area contributed by atoms with E-state index >= 15 is 0 Å². The van der Waals surface area contributed by atoms with Crippen molar-refractivity contribution in [3.05, 3.63) is 18.2 Å². The second-order valence-corrected chi connectivity index (χ2v) is 7.31. The van der Waals surface area contributed by atoms with Crippen molar-refractivity contribution in [2.45, 2.75) is 36.6 Å². The van der Waals surface area contributed by atoms with Gasteiger partial charge in [0.15, 0.2) is 0 Å². The average molecular weight is 283 g/mol. The fourth-order valence-electron chi connectivity index (χ4n) is 2.33. The predicted molar refractivity (Wildman–Crippen MR) is 77.6 cm³/mol. The van der Waals surface area contributed by atoms with Gasteiger partial charge in [-0.15, -0.1) is 0 Å². The molecule has 0 heterocycles. The zero-order chi connectivity index (χ0) is 14.0. The van der Waals surface area contributed by atoms with E-state index in [2.05, 4.69) is 5.32 Å². The zero-order valence-electron chi connectivity index (χ0n) is 11.4. The summed E-state index contributed by atoms with van der Waals surface area (Å²) in [5.41, 5.74) is 7.26. The summed E-state index contributed by atoms with van der Waals surface area (Å²) in [5.74, 6) is 0. The summed E-state index contributed by atoms with van der Waals surface area (Å²) in [4.78, 5) is 0.229. The van der Waals surface area contributed by atoms with Gasteiger partial charge >= 0.3 is 0 Å². The number of rotatable bonds is 4. The van der Waals surface area contributed by atoms with Crippen LogP contribution >= 0.6 is 0 Å². The van der Waals surface area contributed by atoms with E-state index in [1.165, 1.54) is 37.3 Å². The molecule has 3 N–H and O–H groups in total. The lowest BCUT2D eigenvalue weighted by molar-refractivity contribution is 0.521. The maximum Gasteiger partial charge on any atom is 0.242 e. The number of nitrogens with zero attached hydrogens (tertiary/aromatic N) is 1. The van der Waals surface area contributed by atoms with Crippen LogP contribution < -0.4 is 11.1 Å². The van der Waals surface area contributed by atoms with Crippen LogP contribution in [0.25, 0.3) is 0 Å². The summed E-state index contributed by atoms with van der Waals surface area (Å²) in [6, 6.07) is 5.33. The molecule has 0 bridgehead atoms. The van der Waals surface area contributed by atoms with Crippen molar-refractivity contribution in [2.24, 2.45) is 0 Å². The van der Waals surface area contributed by atoms with Crippen molar-refractivity contribution in [3.63, 3.8) is 0 Å². The van der Waals surface area contributed by atoms with E-state index in [-0.39, 0.29) is 4.90 Å². The molecule has 5 nitrogen and oxygen atoms in total. The van der Waals surface area contributed by atoms with E-state index in [9.17, 15) is 8.42 Å². The van der Waals surface area contributed by atoms with Crippen LogP contribution in [0.3, 0.4) is 0 Å². The van der Waals surface area contributed by atoms with E-state index in [0.29, 0.717) is 11.7 Å². The number of hydrogen-bond donors (Lipinski definition) is 2. The van der Waals surface area contributed by atoms with Crippen LogP contribution in [0.1, 0.15) is 25.7 Å². The van der Waals surface area contributed by atoms with Gasteiger partial charge in [0.2, 0.25) is 10.0 Å². The first kappa shape index (κ1) is 14.1. The van der Waals surface area contributed by atoms with Crippen LogP contribution in [0, 0.1) is 0 Å². The van der Waals surface area contributed by atoms with Gasteiger partial charge in [-0.2, -0.15) is 0 Å². The van der Waals surface area contributed by atoms with Gasteiger partial charge in [-0.05, 0) is 31.0 Å². The molecule has 1 fully saturated rings. The monoisotopic (exact) mass is 283 g/mol. The molecule has 0 radical (unpaired) electrons. The Morgan fingerprint density at radius 3 is 2.42 bits per heavy atom. The average Bonchev–Trinajstić information content (AvgIpc) is 2.84. The van der Waals surface area contributed by atoms with Gasteiger partial charge in [0, 0.05) is 20.1 Å². The highest BCUT2D eigenvalue weighted by molar-refractivity contribution is 7.89. The topological polar surface area (TPSA) is 75.4 Å². The molecule has 0 amide bonds. The standard InChI is InChI=1S/C13H21N3O2S/c1-16(2)19(17,18)11-7-8-13(12(14)9-11)15-10-5-3-4-6-10/h7-10,15H,3-6,14H2,1-2H3. The molecule has 106 valence electrons. The number of nitrogens with two attached hydrogens (primary N) is 1. The molecule has 1 saturated carbocycles. The van der Waals surface area contributed by atoms with Crippen molar-refractivity contribution in [1.82, 2.24) is 4.31 Å². The number of sulfonamides is 1. The van der Waals surface area contributed by atoms with Crippen LogP contribution in [-0.4, -0.2) is 32.9 Å². The van der Waals surface area contributed by atoms with Gasteiger partial charge in [0.05, 0.1) is 16.3 Å². The number of benzene rings is 1. The fourth-order valence-corrected chi connectivity index (χ4v) is 3.27. The van der Waals surface area contributed by atoms with E-state index in [1.54, 1.807) is 12.1 Å².